The van der Waals surface area contributed by atoms with E-state index in [9.17, 15) is 0 Å². The van der Waals surface area contributed by atoms with Crippen LogP contribution in [0.25, 0.3) is 34.4 Å². The Hall–Kier alpha value is -2.18. The van der Waals surface area contributed by atoms with Crippen LogP contribution in [0.1, 0.15) is 123 Å². The number of hydrogen-bond acceptors (Lipinski definition) is 0. The average molecular weight is 797 g/mol. The third-order valence-electron chi connectivity index (χ3n) is 11.7. The van der Waals surface area contributed by atoms with Gasteiger partial charge in [0.25, 0.3) is 0 Å². The minimum absolute atomic E-state index is 0. The molecule has 3 aliphatic rings. The topological polar surface area (TPSA) is 0 Å². The first-order valence-corrected chi connectivity index (χ1v) is 25.4. The van der Waals surface area contributed by atoms with Gasteiger partial charge in [0, 0.05) is 0 Å². The molecule has 1 aliphatic heterocycles. The van der Waals surface area contributed by atoms with Crippen LogP contribution in [0, 0.1) is 11.8 Å². The van der Waals surface area contributed by atoms with Gasteiger partial charge in [-0.05, 0) is 0 Å². The molecule has 0 saturated carbocycles. The third kappa shape index (κ3) is 7.62. The van der Waals surface area contributed by atoms with E-state index in [2.05, 4.69) is 166 Å². The molecule has 4 aromatic rings. The average Bonchev–Trinajstić information content (AvgIpc) is 3.59. The van der Waals surface area contributed by atoms with Crippen molar-refractivity contribution >= 4 is 12.2 Å². The van der Waals surface area contributed by atoms with E-state index < -0.39 is 20.3 Å². The number of benzene rings is 4. The molecule has 1 heterocycles. The summed E-state index contributed by atoms with van der Waals surface area (Å²) in [6.07, 6.45) is 7.78. The molecule has 0 radical (unpaired) electrons. The van der Waals surface area contributed by atoms with Crippen molar-refractivity contribution in [3.8, 4) is 22.3 Å². The van der Waals surface area contributed by atoms with Gasteiger partial charge in [-0.3, -0.25) is 0 Å². The van der Waals surface area contributed by atoms with E-state index in [1.54, 1.807) is 22.3 Å². The van der Waals surface area contributed by atoms with E-state index >= 15 is 0 Å². The molecule has 7 rings (SSSR count). The SMILES string of the molecule is CC(C)CC1=Cc2c(-c3ccc(C(C)(C)C)cc3)cccc2[CH]1[Zr+2]1([CH]2C(CC(C)C)=Cc3c(-c4ccc(C(C)(C)C)cc4)cccc32)[CH2][CH2]1.[Cl-].[Cl-]. The molecule has 0 N–H and O–H groups in total. The fraction of sp³-hybridized carbons (Fsp3) is 0.417. The maximum absolute atomic E-state index is 2.84. The molecule has 268 valence electrons. The Labute approximate surface area is 326 Å². The van der Waals surface area contributed by atoms with Crippen LogP contribution in [0.3, 0.4) is 0 Å². The molecule has 0 spiro atoms. The molecule has 3 heteroatoms. The van der Waals surface area contributed by atoms with E-state index in [1.807, 2.05) is 0 Å². The Morgan fingerprint density at radius 1 is 0.529 bits per heavy atom. The predicted molar refractivity (Wildman–Crippen MR) is 211 cm³/mol. The van der Waals surface area contributed by atoms with Gasteiger partial charge in [-0.1, -0.05) is 0 Å². The molecule has 2 aliphatic carbocycles. The van der Waals surface area contributed by atoms with Crippen LogP contribution in [0.15, 0.2) is 96.1 Å². The minimum atomic E-state index is -2.84. The molecule has 1 fully saturated rings. The first-order chi connectivity index (χ1) is 23.2. The van der Waals surface area contributed by atoms with Crippen molar-refractivity contribution in [2.24, 2.45) is 11.8 Å². The molecular formula is C48H58Cl2Zr. The summed E-state index contributed by atoms with van der Waals surface area (Å²) in [4.78, 5) is 0. The fourth-order valence-corrected chi connectivity index (χ4v) is 26.7. The molecule has 0 nitrogen and oxygen atoms in total. The normalized spacial score (nSPS) is 18.2. The molecule has 51 heavy (non-hydrogen) atoms. The number of halogens is 2. The van der Waals surface area contributed by atoms with E-state index in [1.165, 1.54) is 65.6 Å². The second-order valence-electron chi connectivity index (χ2n) is 18.5. The second kappa shape index (κ2) is 14.9. The first-order valence-electron chi connectivity index (χ1n) is 19.1. The van der Waals surface area contributed by atoms with Crippen LogP contribution in [0.4, 0.5) is 0 Å². The van der Waals surface area contributed by atoms with Crippen LogP contribution in [-0.2, 0) is 31.1 Å². The van der Waals surface area contributed by atoms with Crippen molar-refractivity contribution < 1.29 is 45.1 Å². The maximum Gasteiger partial charge on any atom is -1.00 e. The van der Waals surface area contributed by atoms with E-state index in [-0.39, 0.29) is 35.6 Å². The summed E-state index contributed by atoms with van der Waals surface area (Å²) in [5, 5.41) is 0. The summed E-state index contributed by atoms with van der Waals surface area (Å²) in [6, 6.07) is 33.5. The van der Waals surface area contributed by atoms with Crippen LogP contribution in [0.5, 0.6) is 0 Å². The van der Waals surface area contributed by atoms with Gasteiger partial charge < -0.3 is 24.8 Å². The largest absolute Gasteiger partial charge is 1.00 e. The summed E-state index contributed by atoms with van der Waals surface area (Å²) in [7, 11) is 0. The number of hydrogen-bond donors (Lipinski definition) is 0. The van der Waals surface area contributed by atoms with E-state index in [0.29, 0.717) is 19.1 Å². The maximum atomic E-state index is 2.68. The van der Waals surface area contributed by atoms with Crippen LogP contribution in [-0.4, -0.2) is 0 Å². The third-order valence-corrected chi connectivity index (χ3v) is 24.8. The zero-order valence-corrected chi connectivity index (χ0v) is 36.6. The zero-order valence-electron chi connectivity index (χ0n) is 32.6. The van der Waals surface area contributed by atoms with Crippen molar-refractivity contribution in [3.63, 3.8) is 0 Å². The van der Waals surface area contributed by atoms with Gasteiger partial charge in [0.1, 0.15) is 0 Å². The summed E-state index contributed by atoms with van der Waals surface area (Å²) < 4.78 is 4.34. The van der Waals surface area contributed by atoms with Gasteiger partial charge in [0.2, 0.25) is 0 Å². The standard InChI is InChI=1S/2C23H27.C2H4.2ClH.Zr/c2*1-16(2)13-17-14-19-7-6-8-21(22(19)15-17)18-9-11-20(12-10-18)23(3,4)5;1-2;;;/h2*6-12,14-16H,13H2,1-5H3;1-2H2;2*1H;/q;;;;;+2/p-2. The Morgan fingerprint density at radius 3 is 1.18 bits per heavy atom. The first kappa shape index (κ1) is 40.0. The second-order valence-corrected chi connectivity index (χ2v) is 29.9. The number of fused-ring (bicyclic) bond motifs is 2. The van der Waals surface area contributed by atoms with E-state index in [0.717, 1.165) is 0 Å². The van der Waals surface area contributed by atoms with Gasteiger partial charge in [-0.2, -0.15) is 0 Å². The minimum Gasteiger partial charge on any atom is -1.00 e. The van der Waals surface area contributed by atoms with Crippen LogP contribution >= 0.6 is 0 Å². The monoisotopic (exact) mass is 794 g/mol. The van der Waals surface area contributed by atoms with Crippen molar-refractivity contribution in [1.29, 1.82) is 0 Å². The van der Waals surface area contributed by atoms with Crippen LogP contribution in [0.2, 0.25) is 8.26 Å². The molecule has 2 atom stereocenters. The van der Waals surface area contributed by atoms with Gasteiger partial charge in [0.15, 0.2) is 0 Å². The predicted octanol–water partition coefficient (Wildman–Crippen LogP) is 8.30. The molecular weight excluding hydrogens is 739 g/mol. The molecule has 0 bridgehead atoms. The Morgan fingerprint density at radius 2 is 0.882 bits per heavy atom. The van der Waals surface area contributed by atoms with Gasteiger partial charge >= 0.3 is 304 Å². The van der Waals surface area contributed by atoms with Crippen molar-refractivity contribution in [1.82, 2.24) is 0 Å². The molecule has 4 aromatic carbocycles. The smallest absolute Gasteiger partial charge is 1.00 e. The Bertz CT molecular complexity index is 1780. The Balaban J connectivity index is 0.00000252. The van der Waals surface area contributed by atoms with Gasteiger partial charge in [-0.15, -0.1) is 0 Å². The summed E-state index contributed by atoms with van der Waals surface area (Å²) in [5.74, 6) is 1.31. The summed E-state index contributed by atoms with van der Waals surface area (Å²) in [6.45, 7) is 23.6. The van der Waals surface area contributed by atoms with Crippen molar-refractivity contribution in [2.45, 2.75) is 108 Å². The van der Waals surface area contributed by atoms with Gasteiger partial charge in [0.05, 0.1) is 0 Å². The molecule has 0 amide bonds. The van der Waals surface area contributed by atoms with Crippen molar-refractivity contribution in [3.05, 3.63) is 129 Å². The fourth-order valence-electron chi connectivity index (χ4n) is 9.27. The number of rotatable bonds is 8. The number of allylic oxidation sites excluding steroid dienone is 2. The van der Waals surface area contributed by atoms with Crippen molar-refractivity contribution in [2.75, 3.05) is 0 Å². The molecule has 1 saturated heterocycles. The molecule has 0 aromatic heterocycles. The Kier molecular flexibility index (Phi) is 11.7. The molecule has 2 unspecified atom stereocenters. The summed E-state index contributed by atoms with van der Waals surface area (Å²) >= 11 is -2.84. The van der Waals surface area contributed by atoms with Crippen LogP contribution < -0.4 is 24.8 Å². The zero-order chi connectivity index (χ0) is 34.9. The summed E-state index contributed by atoms with van der Waals surface area (Å²) in [5.41, 5.74) is 18.6. The van der Waals surface area contributed by atoms with E-state index in [4.69, 9.17) is 0 Å². The quantitative estimate of drug-likeness (QED) is 0.169. The van der Waals surface area contributed by atoms with Gasteiger partial charge in [-0.25, -0.2) is 0 Å².